The molecule has 20 heavy (non-hydrogen) atoms. The smallest absolute Gasteiger partial charge is 0.341 e. The molecule has 0 fully saturated rings. The molecule has 0 unspecified atom stereocenters. The van der Waals surface area contributed by atoms with E-state index in [1.807, 2.05) is 6.92 Å². The van der Waals surface area contributed by atoms with Crippen LogP contribution in [0.4, 0.5) is 0 Å². The number of hydrogen-bond acceptors (Lipinski definition) is 3. The Labute approximate surface area is 117 Å². The summed E-state index contributed by atoms with van der Waals surface area (Å²) in [6.07, 6.45) is 2.65. The second kappa shape index (κ2) is 5.04. The lowest BCUT2D eigenvalue weighted by molar-refractivity contribution is -0.136. The van der Waals surface area contributed by atoms with Crippen LogP contribution >= 0.6 is 0 Å². The van der Waals surface area contributed by atoms with Crippen molar-refractivity contribution >= 4 is 22.4 Å². The lowest BCUT2D eigenvalue weighted by Gasteiger charge is -2.05. The number of hydrogen-bond donors (Lipinski definition) is 2. The molecule has 1 aromatic carbocycles. The summed E-state index contributed by atoms with van der Waals surface area (Å²) in [6.45, 7) is 5.09. The van der Waals surface area contributed by atoms with Crippen LogP contribution in [0.3, 0.4) is 0 Å². The summed E-state index contributed by atoms with van der Waals surface area (Å²) in [5.41, 5.74) is 4.95. The van der Waals surface area contributed by atoms with E-state index in [4.69, 9.17) is 4.74 Å². The molecule has 0 saturated carbocycles. The molecule has 0 amide bonds. The molecule has 1 aliphatic rings. The van der Waals surface area contributed by atoms with E-state index in [9.17, 15) is 4.79 Å². The maximum absolute atomic E-state index is 12.1. The predicted octanol–water partition coefficient (Wildman–Crippen LogP) is 2.53. The highest BCUT2D eigenvalue weighted by Gasteiger charge is 2.23. The summed E-state index contributed by atoms with van der Waals surface area (Å²) in [6, 6.07) is 6.23. The molecule has 4 heteroatoms. The summed E-state index contributed by atoms with van der Waals surface area (Å²) in [5.74, 6) is -0.285. The lowest BCUT2D eigenvalue weighted by atomic mass is 10.0. The Bertz CT molecular complexity index is 698. The Balaban J connectivity index is 2.19. The molecule has 2 heterocycles. The van der Waals surface area contributed by atoms with Gasteiger partial charge in [-0.15, -0.1) is 0 Å². The molecule has 0 radical (unpaired) electrons. The third-order valence-electron chi connectivity index (χ3n) is 3.68. The number of carbonyl (C=O) groups excluding carboxylic acids is 1. The molecule has 0 aliphatic carbocycles. The molecule has 4 nitrogen and oxygen atoms in total. The molecule has 2 aromatic rings. The SMILES string of the molecule is CCOC(=O)C1=CNCCc2c1[nH]c1c(C)cccc21. The van der Waals surface area contributed by atoms with Crippen LogP contribution in [0.1, 0.15) is 23.7 Å². The van der Waals surface area contributed by atoms with Gasteiger partial charge in [0.1, 0.15) is 0 Å². The van der Waals surface area contributed by atoms with Crippen LogP contribution in [-0.2, 0) is 16.0 Å². The average Bonchev–Trinajstić information content (AvgIpc) is 2.67. The Morgan fingerprint density at radius 2 is 2.25 bits per heavy atom. The van der Waals surface area contributed by atoms with E-state index in [1.54, 1.807) is 6.20 Å². The van der Waals surface area contributed by atoms with Gasteiger partial charge in [0.05, 0.1) is 17.9 Å². The van der Waals surface area contributed by atoms with E-state index in [0.29, 0.717) is 12.2 Å². The summed E-state index contributed by atoms with van der Waals surface area (Å²) < 4.78 is 5.15. The van der Waals surface area contributed by atoms with E-state index < -0.39 is 0 Å². The number of benzene rings is 1. The maximum Gasteiger partial charge on any atom is 0.341 e. The van der Waals surface area contributed by atoms with Crippen molar-refractivity contribution in [2.45, 2.75) is 20.3 Å². The molecule has 2 N–H and O–H groups in total. The number of fused-ring (bicyclic) bond motifs is 3. The normalized spacial score (nSPS) is 14.2. The first-order valence-electron chi connectivity index (χ1n) is 6.93. The third-order valence-corrected chi connectivity index (χ3v) is 3.68. The number of aromatic amines is 1. The molecule has 1 aromatic heterocycles. The minimum Gasteiger partial charge on any atom is -0.462 e. The maximum atomic E-state index is 12.1. The number of nitrogens with one attached hydrogen (secondary N) is 2. The van der Waals surface area contributed by atoms with Crippen molar-refractivity contribution in [3.05, 3.63) is 41.2 Å². The zero-order valence-corrected chi connectivity index (χ0v) is 11.7. The monoisotopic (exact) mass is 270 g/mol. The van der Waals surface area contributed by atoms with Gasteiger partial charge in [0.15, 0.2) is 0 Å². The number of esters is 1. The number of para-hydroxylation sites is 1. The molecular weight excluding hydrogens is 252 g/mol. The van der Waals surface area contributed by atoms with Gasteiger partial charge in [-0.3, -0.25) is 0 Å². The predicted molar refractivity (Wildman–Crippen MR) is 79.4 cm³/mol. The summed E-state index contributed by atoms with van der Waals surface area (Å²) in [5, 5.41) is 4.36. The second-order valence-corrected chi connectivity index (χ2v) is 4.96. The summed E-state index contributed by atoms with van der Waals surface area (Å²) in [4.78, 5) is 15.5. The highest BCUT2D eigenvalue weighted by molar-refractivity contribution is 6.17. The van der Waals surface area contributed by atoms with Gasteiger partial charge < -0.3 is 15.0 Å². The van der Waals surface area contributed by atoms with Crippen molar-refractivity contribution in [3.8, 4) is 0 Å². The number of ether oxygens (including phenoxy) is 1. The zero-order valence-electron chi connectivity index (χ0n) is 11.7. The first kappa shape index (κ1) is 12.8. The van der Waals surface area contributed by atoms with E-state index in [0.717, 1.165) is 24.2 Å². The number of aryl methyl sites for hydroxylation is 1. The Hall–Kier alpha value is -2.23. The average molecular weight is 270 g/mol. The van der Waals surface area contributed by atoms with Crippen molar-refractivity contribution in [2.75, 3.05) is 13.2 Å². The first-order valence-corrected chi connectivity index (χ1v) is 6.93. The van der Waals surface area contributed by atoms with Gasteiger partial charge in [0, 0.05) is 23.6 Å². The van der Waals surface area contributed by atoms with Crippen molar-refractivity contribution in [2.24, 2.45) is 0 Å². The Morgan fingerprint density at radius 1 is 1.40 bits per heavy atom. The van der Waals surface area contributed by atoms with E-state index >= 15 is 0 Å². The Kier molecular flexibility index (Phi) is 3.22. The standard InChI is InChI=1S/C16H18N2O2/c1-3-20-16(19)13-9-17-8-7-12-11-6-4-5-10(2)14(11)18-15(12)13/h4-6,9,17-18H,3,7-8H2,1-2H3. The van der Waals surface area contributed by atoms with Crippen LogP contribution in [0.2, 0.25) is 0 Å². The van der Waals surface area contributed by atoms with Gasteiger partial charge in [-0.1, -0.05) is 18.2 Å². The van der Waals surface area contributed by atoms with Gasteiger partial charge in [-0.2, -0.15) is 0 Å². The van der Waals surface area contributed by atoms with Crippen LogP contribution in [0, 0.1) is 6.92 Å². The van der Waals surface area contributed by atoms with Gasteiger partial charge in [0.25, 0.3) is 0 Å². The molecule has 0 atom stereocenters. The van der Waals surface area contributed by atoms with Crippen molar-refractivity contribution in [1.82, 2.24) is 10.3 Å². The zero-order chi connectivity index (χ0) is 14.1. The van der Waals surface area contributed by atoms with Crippen LogP contribution in [-0.4, -0.2) is 24.1 Å². The third kappa shape index (κ3) is 1.97. The van der Waals surface area contributed by atoms with E-state index in [2.05, 4.69) is 35.4 Å². The minimum atomic E-state index is -0.285. The Morgan fingerprint density at radius 3 is 3.05 bits per heavy atom. The molecule has 104 valence electrons. The van der Waals surface area contributed by atoms with Gasteiger partial charge in [0.2, 0.25) is 0 Å². The van der Waals surface area contributed by atoms with Crippen LogP contribution in [0.25, 0.3) is 16.5 Å². The quantitative estimate of drug-likeness (QED) is 0.824. The fourth-order valence-electron chi connectivity index (χ4n) is 2.72. The fourth-order valence-corrected chi connectivity index (χ4v) is 2.72. The van der Waals surface area contributed by atoms with Crippen molar-refractivity contribution < 1.29 is 9.53 Å². The molecule has 0 saturated heterocycles. The number of rotatable bonds is 2. The summed E-state index contributed by atoms with van der Waals surface area (Å²) >= 11 is 0. The van der Waals surface area contributed by atoms with Crippen LogP contribution in [0.5, 0.6) is 0 Å². The first-order chi connectivity index (χ1) is 9.72. The number of H-pyrrole nitrogens is 1. The molecule has 0 spiro atoms. The topological polar surface area (TPSA) is 54.1 Å². The van der Waals surface area contributed by atoms with Gasteiger partial charge in [-0.05, 0) is 31.4 Å². The van der Waals surface area contributed by atoms with Gasteiger partial charge >= 0.3 is 5.97 Å². The summed E-state index contributed by atoms with van der Waals surface area (Å²) in [7, 11) is 0. The number of aromatic nitrogens is 1. The lowest BCUT2D eigenvalue weighted by Crippen LogP contribution is -2.11. The highest BCUT2D eigenvalue weighted by atomic mass is 16.5. The molecule has 1 aliphatic heterocycles. The minimum absolute atomic E-state index is 0.285. The molecular formula is C16H18N2O2. The van der Waals surface area contributed by atoms with Gasteiger partial charge in [-0.25, -0.2) is 4.79 Å². The van der Waals surface area contributed by atoms with Crippen molar-refractivity contribution in [3.63, 3.8) is 0 Å². The highest BCUT2D eigenvalue weighted by Crippen LogP contribution is 2.31. The van der Waals surface area contributed by atoms with Crippen LogP contribution < -0.4 is 5.32 Å². The largest absolute Gasteiger partial charge is 0.462 e. The van der Waals surface area contributed by atoms with E-state index in [1.165, 1.54) is 16.5 Å². The van der Waals surface area contributed by atoms with Crippen LogP contribution in [0.15, 0.2) is 24.4 Å². The molecule has 3 rings (SSSR count). The molecule has 0 bridgehead atoms. The second-order valence-electron chi connectivity index (χ2n) is 4.96. The van der Waals surface area contributed by atoms with E-state index in [-0.39, 0.29) is 5.97 Å². The number of carbonyl (C=O) groups is 1. The fraction of sp³-hybridized carbons (Fsp3) is 0.312. The van der Waals surface area contributed by atoms with Crippen molar-refractivity contribution in [1.29, 1.82) is 0 Å².